The topological polar surface area (TPSA) is 183 Å². The molecule has 1 heterocycles. The SMILES string of the molecule is CC(C)(C)S(=O)(=O)Cc1ccc(CCc2ccc(-c3ccccc3)cc2)cc1.CC(C)(C)S(=O)(=O)Cc1ccc(CCc2ccccc2C2CCCCC2)cc1.CS(=O)(=O)CC1CCC(CCc2ccc(C(F)(F)F)cc2)CC1.CS(=O)(=O)CC1CCC(CCc2ccc3c(c2)CCC3)CC1.C[C@@H]1CN(c2ccc(CCC3CCC(CS(C)(=O)=O)CC3)cc2)C[C@H](C)O1. The predicted molar refractivity (Wildman–Crippen MR) is 526 cm³/mol. The van der Waals surface area contributed by atoms with Gasteiger partial charge in [-0.25, -0.2) is 42.1 Å². The summed E-state index contributed by atoms with van der Waals surface area (Å²) in [5, 5.41) is 0. The van der Waals surface area contributed by atoms with E-state index in [-0.39, 0.29) is 35.4 Å². The van der Waals surface area contributed by atoms with Crippen LogP contribution in [0.25, 0.3) is 11.1 Å². The molecule has 702 valence electrons. The van der Waals surface area contributed by atoms with Crippen molar-refractivity contribution >= 4 is 54.9 Å². The molecule has 8 aromatic carbocycles. The maximum atomic E-state index is 12.5. The normalized spacial score (nSPS) is 20.9. The maximum Gasteiger partial charge on any atom is 0.416 e. The molecule has 5 fully saturated rings. The second kappa shape index (κ2) is 47.6. The fourth-order valence-corrected chi connectivity index (χ4v) is 25.2. The summed E-state index contributed by atoms with van der Waals surface area (Å²) >= 11 is 0. The molecule has 5 aliphatic carbocycles. The molecule has 2 atom stereocenters. The molecule has 0 aromatic heterocycles. The summed E-state index contributed by atoms with van der Waals surface area (Å²) < 4.78 is 160. The Morgan fingerprint density at radius 2 is 0.688 bits per heavy atom. The van der Waals surface area contributed by atoms with Crippen LogP contribution in [-0.4, -0.2) is 113 Å². The number of anilines is 1. The van der Waals surface area contributed by atoms with E-state index in [0.29, 0.717) is 29.3 Å². The molecule has 4 saturated carbocycles. The van der Waals surface area contributed by atoms with Gasteiger partial charge in [-0.15, -0.1) is 0 Å². The van der Waals surface area contributed by atoms with E-state index in [4.69, 9.17) is 4.74 Å². The zero-order valence-electron chi connectivity index (χ0n) is 78.4. The van der Waals surface area contributed by atoms with Crippen molar-refractivity contribution in [3.63, 3.8) is 0 Å². The Bertz CT molecular complexity index is 5300. The Hall–Kier alpha value is -6.94. The van der Waals surface area contributed by atoms with Crippen molar-refractivity contribution in [2.75, 3.05) is 54.0 Å². The Kier molecular flexibility index (Phi) is 38.4. The lowest BCUT2D eigenvalue weighted by molar-refractivity contribution is -0.137. The van der Waals surface area contributed by atoms with Crippen molar-refractivity contribution in [2.45, 2.75) is 293 Å². The van der Waals surface area contributed by atoms with E-state index in [9.17, 15) is 55.3 Å². The van der Waals surface area contributed by atoms with Gasteiger partial charge >= 0.3 is 6.18 Å². The first-order valence-electron chi connectivity index (χ1n) is 47.5. The molecule has 1 aliphatic heterocycles. The molecule has 1 saturated heterocycles. The monoisotopic (exact) mass is 1850 g/mol. The highest BCUT2D eigenvalue weighted by Crippen LogP contribution is 2.39. The highest BCUT2D eigenvalue weighted by Gasteiger charge is 2.34. The molecule has 0 radical (unpaired) electrons. The van der Waals surface area contributed by atoms with Crippen LogP contribution in [0.1, 0.15) is 268 Å². The van der Waals surface area contributed by atoms with Crippen molar-refractivity contribution in [3.05, 3.63) is 266 Å². The first-order chi connectivity index (χ1) is 60.4. The number of alkyl halides is 3. The van der Waals surface area contributed by atoms with Gasteiger partial charge in [-0.2, -0.15) is 13.2 Å². The largest absolute Gasteiger partial charge is 0.416 e. The summed E-state index contributed by atoms with van der Waals surface area (Å²) in [4.78, 5) is 2.42. The zero-order chi connectivity index (χ0) is 92.5. The van der Waals surface area contributed by atoms with Gasteiger partial charge in [0.1, 0.15) is 29.5 Å². The van der Waals surface area contributed by atoms with Gasteiger partial charge in [-0.05, 0) is 334 Å². The van der Waals surface area contributed by atoms with Gasteiger partial charge in [0.15, 0.2) is 19.7 Å². The van der Waals surface area contributed by atoms with E-state index in [1.54, 1.807) is 70.4 Å². The zero-order valence-corrected chi connectivity index (χ0v) is 82.5. The molecule has 14 rings (SSSR count). The van der Waals surface area contributed by atoms with Crippen molar-refractivity contribution in [3.8, 4) is 11.1 Å². The number of aryl methyl sites for hydroxylation is 9. The Morgan fingerprint density at radius 1 is 0.344 bits per heavy atom. The highest BCUT2D eigenvalue weighted by molar-refractivity contribution is 7.92. The number of halogens is 3. The average molecular weight is 1850 g/mol. The lowest BCUT2D eigenvalue weighted by Gasteiger charge is -2.37. The molecule has 0 N–H and O–H groups in total. The third kappa shape index (κ3) is 35.2. The van der Waals surface area contributed by atoms with Crippen LogP contribution in [-0.2, 0) is 129 Å². The summed E-state index contributed by atoms with van der Waals surface area (Å²) in [6, 6.07) is 65.7. The number of hydrogen-bond donors (Lipinski definition) is 0. The lowest BCUT2D eigenvalue weighted by atomic mass is 9.80. The third-order valence-corrected chi connectivity index (χ3v) is 35.8. The molecule has 6 aliphatic rings. The Labute approximate surface area is 769 Å². The number of benzene rings is 8. The van der Waals surface area contributed by atoms with Gasteiger partial charge in [0, 0.05) is 37.5 Å². The highest BCUT2D eigenvalue weighted by atomic mass is 32.2. The Morgan fingerprint density at radius 3 is 1.11 bits per heavy atom. The van der Waals surface area contributed by atoms with Crippen LogP contribution in [0.3, 0.4) is 0 Å². The van der Waals surface area contributed by atoms with Gasteiger partial charge in [0.05, 0.1) is 56.0 Å². The first-order valence-corrected chi connectivity index (χ1v) is 57.0. The van der Waals surface area contributed by atoms with Crippen molar-refractivity contribution in [1.82, 2.24) is 0 Å². The summed E-state index contributed by atoms with van der Waals surface area (Å²) in [6.07, 6.45) is 34.4. The molecule has 0 spiro atoms. The maximum absolute atomic E-state index is 12.5. The average Bonchev–Trinajstić information content (AvgIpc) is 1.01. The third-order valence-electron chi connectivity index (χ3n) is 27.4. The molecule has 0 amide bonds. The van der Waals surface area contributed by atoms with Gasteiger partial charge in [-0.1, -0.05) is 228 Å². The molecule has 0 unspecified atom stereocenters. The second-order valence-corrected chi connectivity index (χ2v) is 52.5. The van der Waals surface area contributed by atoms with Crippen LogP contribution in [0, 0.1) is 35.5 Å². The minimum atomic E-state index is -4.28. The van der Waals surface area contributed by atoms with Gasteiger partial charge in [0.2, 0.25) is 0 Å². The smallest absolute Gasteiger partial charge is 0.372 e. The van der Waals surface area contributed by atoms with Crippen LogP contribution in [0.4, 0.5) is 18.9 Å². The summed E-state index contributed by atoms with van der Waals surface area (Å²) in [5.74, 6) is 5.14. The Balaban J connectivity index is 0.000000167. The summed E-state index contributed by atoms with van der Waals surface area (Å²) in [5.41, 5.74) is 18.7. The van der Waals surface area contributed by atoms with Gasteiger partial charge in [0.25, 0.3) is 0 Å². The van der Waals surface area contributed by atoms with E-state index in [0.717, 1.165) is 156 Å². The second-order valence-electron chi connectivity index (χ2n) is 40.5. The summed E-state index contributed by atoms with van der Waals surface area (Å²) in [7, 11) is -14.8. The quantitative estimate of drug-likeness (QED) is 0.0453. The van der Waals surface area contributed by atoms with Crippen LogP contribution in [0.15, 0.2) is 194 Å². The van der Waals surface area contributed by atoms with Gasteiger partial charge in [-0.3, -0.25) is 0 Å². The number of fused-ring (bicyclic) bond motifs is 1. The van der Waals surface area contributed by atoms with E-state index in [1.807, 2.05) is 42.5 Å². The van der Waals surface area contributed by atoms with E-state index in [1.165, 1.54) is 165 Å². The van der Waals surface area contributed by atoms with Crippen molar-refractivity contribution < 1.29 is 60.0 Å². The first kappa shape index (κ1) is 103. The van der Waals surface area contributed by atoms with E-state index >= 15 is 0 Å². The molecule has 0 bridgehead atoms. The fourth-order valence-electron chi connectivity index (χ4n) is 19.5. The minimum absolute atomic E-state index is 0.0950. The molecular formula is C108H148F3NO11S5. The van der Waals surface area contributed by atoms with E-state index in [2.05, 4.69) is 146 Å². The fraction of sp³-hybridized carbons (Fsp3) is 0.556. The number of sulfone groups is 5. The predicted octanol–water partition coefficient (Wildman–Crippen LogP) is 24.6. The summed E-state index contributed by atoms with van der Waals surface area (Å²) in [6.45, 7) is 16.7. The minimum Gasteiger partial charge on any atom is -0.372 e. The van der Waals surface area contributed by atoms with Crippen molar-refractivity contribution in [1.29, 1.82) is 0 Å². The standard InChI is InChI=1S/C25H34O2S.C25H28O2S.C22H35NO3S.C19H28O2S.C17H23F3O2S/c1-25(2,3)28(26,27)19-21-15-13-20(14-16-21)17-18-23-11-7-8-12-24(23)22-9-5-4-6-10-22;1-25(2,3)28(26,27)19-22-13-11-20(12-14-22)9-10-21-15-17-24(18-16-21)23-7-5-4-6-8-23;1-17-14-23(15-18(2)26-17)22-12-10-20(11-13-22)5-4-19-6-8-21(9-7-19)16-27(3,24)25;1-22(20,21)14-17-9-6-15(7-10-17)5-8-16-11-12-18-3-2-4-19(18)13-16;1-23(21,22)12-15-6-4-13(5-7-15)2-3-14-8-10-16(11-9-14)17(18,19)20/h7-8,11-16,22H,4-6,9-10,17-19H2,1-3H3;4-8,11-18H,9-10,19H2,1-3H3;10-13,17-19,21H,4-9,14-16H2,1-3H3;11-13,15,17H,2-10,14H2,1H3;8-11,13,15H,2-7,12H2,1H3/t;;17-,18+,19?,21?;;. The molecule has 20 heteroatoms. The number of hydrogen-bond acceptors (Lipinski definition) is 12. The molecule has 128 heavy (non-hydrogen) atoms. The van der Waals surface area contributed by atoms with Crippen LogP contribution < -0.4 is 4.90 Å². The molecule has 8 aromatic rings. The van der Waals surface area contributed by atoms with E-state index < -0.39 is 70.4 Å². The van der Waals surface area contributed by atoms with Crippen LogP contribution in [0.2, 0.25) is 0 Å². The number of nitrogens with zero attached hydrogens (tertiary/aromatic N) is 1. The number of morpholine rings is 1. The molecular weight excluding hydrogens is 1700 g/mol. The number of rotatable bonds is 28. The van der Waals surface area contributed by atoms with Crippen LogP contribution >= 0.6 is 0 Å². The van der Waals surface area contributed by atoms with Crippen LogP contribution in [0.5, 0.6) is 0 Å². The lowest BCUT2D eigenvalue weighted by Crippen LogP contribution is -2.45. The number of ether oxygens (including phenoxy) is 1. The molecule has 12 nitrogen and oxygen atoms in total. The van der Waals surface area contributed by atoms with Gasteiger partial charge < -0.3 is 9.64 Å². The van der Waals surface area contributed by atoms with Crippen molar-refractivity contribution in [2.24, 2.45) is 35.5 Å².